The molecule has 0 aliphatic rings. The fraction of sp³-hybridized carbons (Fsp3) is 0.667. The van der Waals surface area contributed by atoms with Crippen molar-refractivity contribution in [2.75, 3.05) is 47.5 Å². The molecule has 0 fully saturated rings. The first kappa shape index (κ1) is 66.7. The molecule has 0 aliphatic heterocycles. The number of esters is 2. The highest BCUT2D eigenvalue weighted by Crippen LogP contribution is 2.38. The van der Waals surface area contributed by atoms with Crippen molar-refractivity contribution in [3.63, 3.8) is 0 Å². The van der Waals surface area contributed by atoms with E-state index in [2.05, 4.69) is 123 Å². The molecule has 0 saturated heterocycles. The average molecular weight is 996 g/mol. The van der Waals surface area contributed by atoms with Crippen LogP contribution >= 0.6 is 7.82 Å². The molecule has 0 N–H and O–H groups in total. The number of unbranched alkanes of at least 4 members (excludes halogenated alkanes) is 17. The molecule has 0 rings (SSSR count). The second kappa shape index (κ2) is 50.6. The largest absolute Gasteiger partial charge is 0.756 e. The maximum absolute atomic E-state index is 12.8. The van der Waals surface area contributed by atoms with Crippen molar-refractivity contribution in [3.8, 4) is 0 Å². The van der Waals surface area contributed by atoms with Gasteiger partial charge in [0.05, 0.1) is 27.7 Å². The molecule has 0 aromatic carbocycles. The molecule has 0 aromatic rings. The second-order valence-electron chi connectivity index (χ2n) is 19.2. The Morgan fingerprint density at radius 1 is 0.457 bits per heavy atom. The normalized spacial score (nSPS) is 14.2. The minimum Gasteiger partial charge on any atom is -0.756 e. The summed E-state index contributed by atoms with van der Waals surface area (Å²) in [6.45, 7) is 4.07. The van der Waals surface area contributed by atoms with Gasteiger partial charge in [0, 0.05) is 12.8 Å². The number of hydrogen-bond acceptors (Lipinski definition) is 8. The number of phosphoric acid groups is 1. The van der Waals surface area contributed by atoms with Crippen molar-refractivity contribution in [1.82, 2.24) is 0 Å². The average Bonchev–Trinajstić information content (AvgIpc) is 3.32. The summed E-state index contributed by atoms with van der Waals surface area (Å²) in [5.41, 5.74) is 0. The molecule has 10 heteroatoms. The molecule has 0 aromatic heterocycles. The Balaban J connectivity index is 4.30. The third-order valence-electron chi connectivity index (χ3n) is 11.3. The Morgan fingerprint density at radius 3 is 1.23 bits per heavy atom. The van der Waals surface area contributed by atoms with Crippen molar-refractivity contribution < 1.29 is 42.1 Å². The molecule has 2 unspecified atom stereocenters. The fourth-order valence-corrected chi connectivity index (χ4v) is 7.75. The van der Waals surface area contributed by atoms with Crippen LogP contribution in [0.3, 0.4) is 0 Å². The number of carbonyl (C=O) groups is 2. The SMILES string of the molecule is CC/C=C\C/C=C\C/C=C\C/C=C\C/C=C\C/C=C\C/C=C\C/C=C\CCCCCCC(=O)OC(COC(=O)CCCCCCCCC/C=C\CCCCCCCC)COP(=O)([O-])OCC[N+](C)(C)C. The first-order chi connectivity index (χ1) is 34.0. The van der Waals surface area contributed by atoms with Crippen LogP contribution in [0.1, 0.15) is 206 Å². The number of phosphoric ester groups is 1. The number of nitrogens with zero attached hydrogens (tertiary/aromatic N) is 1. The van der Waals surface area contributed by atoms with Gasteiger partial charge < -0.3 is 27.9 Å². The monoisotopic (exact) mass is 996 g/mol. The standard InChI is InChI=1S/C60H102NO8P/c1-6-8-10-12-14-16-18-20-22-24-25-26-27-28-29-30-31-32-33-34-35-37-39-41-43-45-47-49-51-53-60(63)69-58(57-68-70(64,65)67-55-54-61(3,4)5)56-66-59(62)52-50-48-46-44-42-40-38-36-23-21-19-17-15-13-11-9-7-2/h8,10,14,16,20-23,25-26,28-29,31-32,34-35,39,41,58H,6-7,9,11-13,15,17-19,24,27,30,33,36-38,40,42-57H2,1-5H3/b10-8-,16-14-,22-20-,23-21-,26-25-,29-28-,32-31-,35-34-,41-39-. The van der Waals surface area contributed by atoms with Gasteiger partial charge in [-0.15, -0.1) is 0 Å². The van der Waals surface area contributed by atoms with Crippen LogP contribution < -0.4 is 4.89 Å². The summed E-state index contributed by atoms with van der Waals surface area (Å²) in [4.78, 5) is 37.8. The van der Waals surface area contributed by atoms with Crippen molar-refractivity contribution in [2.24, 2.45) is 0 Å². The number of carbonyl (C=O) groups excluding carboxylic acids is 2. The van der Waals surface area contributed by atoms with Crippen molar-refractivity contribution >= 4 is 19.8 Å². The van der Waals surface area contributed by atoms with Gasteiger partial charge in [0.2, 0.25) is 0 Å². The zero-order valence-corrected chi connectivity index (χ0v) is 46.1. The highest BCUT2D eigenvalue weighted by atomic mass is 31.2. The highest BCUT2D eigenvalue weighted by molar-refractivity contribution is 7.45. The molecular formula is C60H102NO8P. The third-order valence-corrected chi connectivity index (χ3v) is 12.2. The lowest BCUT2D eigenvalue weighted by molar-refractivity contribution is -0.870. The Hall–Kier alpha value is -3.33. The summed E-state index contributed by atoms with van der Waals surface area (Å²) in [5, 5.41) is 0. The van der Waals surface area contributed by atoms with E-state index >= 15 is 0 Å². The summed E-state index contributed by atoms with van der Waals surface area (Å²) in [6, 6.07) is 0. The third kappa shape index (κ3) is 54.0. The summed E-state index contributed by atoms with van der Waals surface area (Å²) in [6.07, 6.45) is 69.8. The van der Waals surface area contributed by atoms with Crippen molar-refractivity contribution in [2.45, 2.75) is 213 Å². The van der Waals surface area contributed by atoms with Gasteiger partial charge in [0.1, 0.15) is 19.8 Å². The van der Waals surface area contributed by atoms with E-state index in [1.165, 1.54) is 64.2 Å². The molecule has 2 atom stereocenters. The minimum absolute atomic E-state index is 0.0427. The van der Waals surface area contributed by atoms with Gasteiger partial charge >= 0.3 is 11.9 Å². The van der Waals surface area contributed by atoms with Crippen LogP contribution in [0, 0.1) is 0 Å². The lowest BCUT2D eigenvalue weighted by Crippen LogP contribution is -2.37. The van der Waals surface area contributed by atoms with Crippen molar-refractivity contribution in [1.29, 1.82) is 0 Å². The summed E-state index contributed by atoms with van der Waals surface area (Å²) < 4.78 is 34.1. The van der Waals surface area contributed by atoms with Crippen LogP contribution in [0.15, 0.2) is 109 Å². The molecular weight excluding hydrogens is 894 g/mol. The number of hydrogen-bond donors (Lipinski definition) is 0. The number of allylic oxidation sites excluding steroid dienone is 18. The maximum atomic E-state index is 12.8. The number of rotatable bonds is 49. The van der Waals surface area contributed by atoms with E-state index in [0.29, 0.717) is 17.4 Å². The molecule has 70 heavy (non-hydrogen) atoms. The predicted molar refractivity (Wildman–Crippen MR) is 295 cm³/mol. The van der Waals surface area contributed by atoms with E-state index in [9.17, 15) is 19.0 Å². The molecule has 0 amide bonds. The molecule has 0 heterocycles. The molecule has 0 aliphatic carbocycles. The Labute approximate surface area is 429 Å². The summed E-state index contributed by atoms with van der Waals surface area (Å²) in [7, 11) is 1.13. The summed E-state index contributed by atoms with van der Waals surface area (Å²) >= 11 is 0. The molecule has 0 saturated carbocycles. The Bertz CT molecular complexity index is 1550. The molecule has 0 bridgehead atoms. The van der Waals surface area contributed by atoms with Crippen LogP contribution in [0.4, 0.5) is 0 Å². The second-order valence-corrected chi connectivity index (χ2v) is 20.6. The van der Waals surface area contributed by atoms with Gasteiger partial charge in [-0.25, -0.2) is 0 Å². The number of ether oxygens (including phenoxy) is 2. The van der Waals surface area contributed by atoms with Gasteiger partial charge in [-0.2, -0.15) is 0 Å². The zero-order chi connectivity index (χ0) is 51.3. The highest BCUT2D eigenvalue weighted by Gasteiger charge is 2.21. The maximum Gasteiger partial charge on any atom is 0.306 e. The van der Waals surface area contributed by atoms with Crippen molar-refractivity contribution in [3.05, 3.63) is 109 Å². The number of quaternary nitrogens is 1. The van der Waals surface area contributed by atoms with Crippen LogP contribution in [0.5, 0.6) is 0 Å². The van der Waals surface area contributed by atoms with Crippen LogP contribution in [0.25, 0.3) is 0 Å². The van der Waals surface area contributed by atoms with E-state index in [1.54, 1.807) is 0 Å². The van der Waals surface area contributed by atoms with Crippen LogP contribution in [-0.4, -0.2) is 70.0 Å². The quantitative estimate of drug-likeness (QED) is 0.0195. The zero-order valence-electron chi connectivity index (χ0n) is 45.2. The molecule has 0 spiro atoms. The smallest absolute Gasteiger partial charge is 0.306 e. The van der Waals surface area contributed by atoms with Gasteiger partial charge in [0.25, 0.3) is 7.82 Å². The van der Waals surface area contributed by atoms with E-state index in [-0.39, 0.29) is 26.1 Å². The molecule has 400 valence electrons. The van der Waals surface area contributed by atoms with E-state index < -0.39 is 32.5 Å². The van der Waals surface area contributed by atoms with E-state index in [4.69, 9.17) is 18.5 Å². The van der Waals surface area contributed by atoms with E-state index in [0.717, 1.165) is 109 Å². The lowest BCUT2D eigenvalue weighted by atomic mass is 10.1. The Kier molecular flexibility index (Phi) is 48.2. The first-order valence-electron chi connectivity index (χ1n) is 27.6. The van der Waals surface area contributed by atoms with E-state index in [1.807, 2.05) is 21.1 Å². The van der Waals surface area contributed by atoms with Gasteiger partial charge in [-0.05, 0) is 103 Å². The predicted octanol–water partition coefficient (Wildman–Crippen LogP) is 16.4. The topological polar surface area (TPSA) is 111 Å². The van der Waals surface area contributed by atoms with Gasteiger partial charge in [-0.3, -0.25) is 14.2 Å². The minimum atomic E-state index is -4.65. The number of likely N-dealkylation sites (N-methyl/N-ethyl adjacent to an activating group) is 1. The van der Waals surface area contributed by atoms with Gasteiger partial charge in [0.15, 0.2) is 6.10 Å². The lowest BCUT2D eigenvalue weighted by Gasteiger charge is -2.28. The first-order valence-corrected chi connectivity index (χ1v) is 29.1. The Morgan fingerprint density at radius 2 is 0.814 bits per heavy atom. The van der Waals surface area contributed by atoms with Crippen LogP contribution in [0.2, 0.25) is 0 Å². The molecule has 9 nitrogen and oxygen atoms in total. The fourth-order valence-electron chi connectivity index (χ4n) is 7.02. The summed E-state index contributed by atoms with van der Waals surface area (Å²) in [5.74, 6) is -0.875. The van der Waals surface area contributed by atoms with Gasteiger partial charge in [-0.1, -0.05) is 200 Å². The molecule has 0 radical (unpaired) electrons. The van der Waals surface area contributed by atoms with Crippen LogP contribution in [-0.2, 0) is 32.7 Å².